The highest BCUT2D eigenvalue weighted by molar-refractivity contribution is 5.55. The van der Waals surface area contributed by atoms with E-state index in [1.165, 1.54) is 18.5 Å². The Morgan fingerprint density at radius 2 is 2.43 bits per heavy atom. The van der Waals surface area contributed by atoms with Gasteiger partial charge in [0.05, 0.1) is 6.20 Å². The number of aryl methyl sites for hydroxylation is 1. The van der Waals surface area contributed by atoms with Crippen molar-refractivity contribution in [3.63, 3.8) is 0 Å². The molecule has 0 N–H and O–H groups in total. The molecule has 0 atom stereocenters. The van der Waals surface area contributed by atoms with E-state index < -0.39 is 0 Å². The number of carbonyl (C=O) groups is 1. The highest BCUT2D eigenvalue weighted by atomic mass is 16.1. The quantitative estimate of drug-likeness (QED) is 0.668. The van der Waals surface area contributed by atoms with Gasteiger partial charge in [0.1, 0.15) is 6.29 Å². The molecule has 76 valence electrons. The van der Waals surface area contributed by atoms with E-state index in [0.717, 1.165) is 24.8 Å². The van der Waals surface area contributed by atoms with Crippen LogP contribution in [0.15, 0.2) is 6.20 Å². The Bertz CT molecular complexity index is 326. The van der Waals surface area contributed by atoms with E-state index in [1.807, 2.05) is 6.20 Å². The lowest BCUT2D eigenvalue weighted by atomic mass is 10.1. The summed E-state index contributed by atoms with van der Waals surface area (Å²) >= 11 is 0. The number of aromatic nitrogens is 2. The highest BCUT2D eigenvalue weighted by Crippen LogP contribution is 2.41. The molecule has 0 bridgehead atoms. The first-order valence-corrected chi connectivity index (χ1v) is 5.35. The van der Waals surface area contributed by atoms with Crippen LogP contribution in [0.2, 0.25) is 0 Å². The molecule has 1 fully saturated rings. The van der Waals surface area contributed by atoms with Crippen LogP contribution in [0.1, 0.15) is 43.4 Å². The molecule has 0 saturated heterocycles. The van der Waals surface area contributed by atoms with E-state index in [0.29, 0.717) is 12.3 Å². The van der Waals surface area contributed by atoms with Crippen molar-refractivity contribution >= 4 is 6.29 Å². The molecule has 0 amide bonds. The van der Waals surface area contributed by atoms with Crippen molar-refractivity contribution in [1.82, 2.24) is 9.78 Å². The van der Waals surface area contributed by atoms with Crippen molar-refractivity contribution in [2.45, 2.75) is 45.1 Å². The van der Waals surface area contributed by atoms with Crippen molar-refractivity contribution in [3.05, 3.63) is 17.5 Å². The lowest BCUT2D eigenvalue weighted by Crippen LogP contribution is -2.04. The summed E-state index contributed by atoms with van der Waals surface area (Å²) in [6.45, 7) is 3.13. The molecule has 3 nitrogen and oxygen atoms in total. The summed E-state index contributed by atoms with van der Waals surface area (Å²) in [4.78, 5) is 10.5. The van der Waals surface area contributed by atoms with Crippen LogP contribution in [0.3, 0.4) is 0 Å². The maximum Gasteiger partial charge on any atom is 0.124 e. The molecule has 1 aliphatic carbocycles. The van der Waals surface area contributed by atoms with Gasteiger partial charge in [0.25, 0.3) is 0 Å². The van der Waals surface area contributed by atoms with Crippen LogP contribution in [0.5, 0.6) is 0 Å². The Balaban J connectivity index is 2.26. The van der Waals surface area contributed by atoms with E-state index in [1.54, 1.807) is 0 Å². The predicted octanol–water partition coefficient (Wildman–Crippen LogP) is 1.91. The smallest absolute Gasteiger partial charge is 0.124 e. The topological polar surface area (TPSA) is 34.9 Å². The van der Waals surface area contributed by atoms with Crippen molar-refractivity contribution in [3.8, 4) is 0 Å². The normalized spacial score (nSPS) is 15.8. The first-order valence-electron chi connectivity index (χ1n) is 5.35. The van der Waals surface area contributed by atoms with Gasteiger partial charge >= 0.3 is 0 Å². The summed E-state index contributed by atoms with van der Waals surface area (Å²) in [7, 11) is 0. The fourth-order valence-corrected chi connectivity index (χ4v) is 1.90. The molecule has 1 saturated carbocycles. The highest BCUT2D eigenvalue weighted by Gasteiger charge is 2.29. The Kier molecular flexibility index (Phi) is 2.66. The number of hydrogen-bond acceptors (Lipinski definition) is 2. The van der Waals surface area contributed by atoms with E-state index in [9.17, 15) is 4.79 Å². The molecular formula is C11H16N2O. The van der Waals surface area contributed by atoms with Crippen molar-refractivity contribution in [2.75, 3.05) is 0 Å². The monoisotopic (exact) mass is 192 g/mol. The van der Waals surface area contributed by atoms with Crippen LogP contribution in [-0.4, -0.2) is 16.1 Å². The maximum atomic E-state index is 10.5. The summed E-state index contributed by atoms with van der Waals surface area (Å²) in [5.74, 6) is 0.680. The van der Waals surface area contributed by atoms with Gasteiger partial charge in [0.2, 0.25) is 0 Å². The first-order chi connectivity index (χ1) is 6.86. The number of aldehydes is 1. The van der Waals surface area contributed by atoms with Gasteiger partial charge in [0, 0.05) is 30.1 Å². The lowest BCUT2D eigenvalue weighted by Gasteiger charge is -2.05. The van der Waals surface area contributed by atoms with E-state index in [2.05, 4.69) is 16.7 Å². The van der Waals surface area contributed by atoms with Crippen LogP contribution in [-0.2, 0) is 17.8 Å². The molecule has 0 unspecified atom stereocenters. The average Bonchev–Trinajstić information content (AvgIpc) is 2.93. The summed E-state index contributed by atoms with van der Waals surface area (Å²) in [5, 5.41) is 4.34. The molecular weight excluding hydrogens is 176 g/mol. The molecule has 1 aromatic heterocycles. The molecule has 2 rings (SSSR count). The van der Waals surface area contributed by atoms with Crippen molar-refractivity contribution in [1.29, 1.82) is 0 Å². The van der Waals surface area contributed by atoms with Gasteiger partial charge < -0.3 is 4.79 Å². The zero-order valence-electron chi connectivity index (χ0n) is 8.57. The third-order valence-corrected chi connectivity index (χ3v) is 2.66. The average molecular weight is 192 g/mol. The maximum absolute atomic E-state index is 10.5. The molecule has 1 heterocycles. The van der Waals surface area contributed by atoms with Gasteiger partial charge in [0.15, 0.2) is 0 Å². The summed E-state index contributed by atoms with van der Waals surface area (Å²) < 4.78 is 2.08. The number of nitrogens with zero attached hydrogens (tertiary/aromatic N) is 2. The minimum Gasteiger partial charge on any atom is -0.303 e. The number of rotatable bonds is 5. The van der Waals surface area contributed by atoms with Gasteiger partial charge in [-0.15, -0.1) is 0 Å². The van der Waals surface area contributed by atoms with Crippen LogP contribution in [0.25, 0.3) is 0 Å². The predicted molar refractivity (Wildman–Crippen MR) is 54.3 cm³/mol. The molecule has 1 aliphatic rings. The largest absolute Gasteiger partial charge is 0.303 e. The number of carbonyl (C=O) groups excluding carboxylic acids is 1. The molecule has 0 spiro atoms. The van der Waals surface area contributed by atoms with Crippen LogP contribution < -0.4 is 0 Å². The Morgan fingerprint density at radius 1 is 1.64 bits per heavy atom. The third-order valence-electron chi connectivity index (χ3n) is 2.66. The van der Waals surface area contributed by atoms with Gasteiger partial charge in [-0.25, -0.2) is 0 Å². The fraction of sp³-hybridized carbons (Fsp3) is 0.636. The van der Waals surface area contributed by atoms with Crippen LogP contribution in [0.4, 0.5) is 0 Å². The van der Waals surface area contributed by atoms with Gasteiger partial charge in [-0.05, 0) is 19.3 Å². The van der Waals surface area contributed by atoms with Crippen molar-refractivity contribution < 1.29 is 4.79 Å². The summed E-state index contributed by atoms with van der Waals surface area (Å²) in [5.41, 5.74) is 2.45. The summed E-state index contributed by atoms with van der Waals surface area (Å²) in [6, 6.07) is 0. The third kappa shape index (κ3) is 1.72. The Morgan fingerprint density at radius 3 is 3.00 bits per heavy atom. The van der Waals surface area contributed by atoms with Gasteiger partial charge in [-0.2, -0.15) is 5.10 Å². The molecule has 1 aromatic rings. The fourth-order valence-electron chi connectivity index (χ4n) is 1.90. The molecule has 0 aromatic carbocycles. The number of hydrogen-bond donors (Lipinski definition) is 0. The van der Waals surface area contributed by atoms with Gasteiger partial charge in [-0.1, -0.05) is 6.92 Å². The molecule has 0 radical (unpaired) electrons. The van der Waals surface area contributed by atoms with Crippen molar-refractivity contribution in [2.24, 2.45) is 0 Å². The second kappa shape index (κ2) is 3.95. The van der Waals surface area contributed by atoms with Gasteiger partial charge in [-0.3, -0.25) is 4.68 Å². The van der Waals surface area contributed by atoms with Crippen LogP contribution >= 0.6 is 0 Å². The zero-order valence-corrected chi connectivity index (χ0v) is 8.57. The minimum absolute atomic E-state index is 0.523. The van der Waals surface area contributed by atoms with E-state index >= 15 is 0 Å². The Labute approximate surface area is 84.1 Å². The second-order valence-corrected chi connectivity index (χ2v) is 3.92. The van der Waals surface area contributed by atoms with E-state index in [4.69, 9.17) is 0 Å². The van der Waals surface area contributed by atoms with E-state index in [-0.39, 0.29) is 0 Å². The standard InChI is InChI=1S/C11H16N2O/c1-2-6-13-11(9-3-4-9)10(5-7-14)8-12-13/h7-9H,2-6H2,1H3. The first kappa shape index (κ1) is 9.44. The molecule has 0 aliphatic heterocycles. The lowest BCUT2D eigenvalue weighted by molar-refractivity contribution is -0.107. The summed E-state index contributed by atoms with van der Waals surface area (Å²) in [6.07, 6.45) is 6.98. The SMILES string of the molecule is CCCn1ncc(CC=O)c1C1CC1. The molecule has 3 heteroatoms. The van der Waals surface area contributed by atoms with Crippen LogP contribution in [0, 0.1) is 0 Å². The Hall–Kier alpha value is -1.12. The second-order valence-electron chi connectivity index (χ2n) is 3.92. The molecule has 14 heavy (non-hydrogen) atoms. The minimum atomic E-state index is 0.523. The zero-order chi connectivity index (χ0) is 9.97.